The Bertz CT molecular complexity index is 321. The Kier molecular flexibility index (Phi) is 19.6. The molecular formula is C7H9B3F12K-3. The van der Waals surface area contributed by atoms with E-state index >= 15 is 0 Å². The van der Waals surface area contributed by atoms with Crippen molar-refractivity contribution in [3.8, 4) is 0 Å². The summed E-state index contributed by atoms with van der Waals surface area (Å²) in [7, 11) is -18.0. The maximum absolute atomic E-state index is 9.75. The van der Waals surface area contributed by atoms with Gasteiger partial charge in [-0.2, -0.15) is 0 Å². The van der Waals surface area contributed by atoms with Crippen LogP contribution >= 0.6 is 0 Å². The molecule has 1 aromatic rings. The van der Waals surface area contributed by atoms with Gasteiger partial charge in [0.1, 0.15) is 0 Å². The summed E-state index contributed by atoms with van der Waals surface area (Å²) in [6.07, 6.45) is 0. The van der Waals surface area contributed by atoms with E-state index in [0.717, 1.165) is 0 Å². The minimum Gasteiger partial charge on any atom is -1.00 e. The third-order valence-corrected chi connectivity index (χ3v) is 0.940. The minimum atomic E-state index is -6.00. The van der Waals surface area contributed by atoms with Gasteiger partial charge in [-0.05, 0) is 6.92 Å². The van der Waals surface area contributed by atoms with Crippen LogP contribution in [0.25, 0.3) is 0 Å². The van der Waals surface area contributed by atoms with Gasteiger partial charge in [-0.1, -0.05) is 35.9 Å². The van der Waals surface area contributed by atoms with Gasteiger partial charge in [-0.3, -0.25) is 0 Å². The molecule has 0 aliphatic heterocycles. The maximum Gasteiger partial charge on any atom is 1.00 e. The molecule has 0 amide bonds. The average Bonchev–Trinajstić information content (AvgIpc) is 2.09. The molecular weight excluding hydrogens is 384 g/mol. The van der Waals surface area contributed by atoms with Crippen LogP contribution in [0.4, 0.5) is 51.8 Å². The smallest absolute Gasteiger partial charge is 1.00 e. The van der Waals surface area contributed by atoms with Crippen LogP contribution in [0.2, 0.25) is 0 Å². The van der Waals surface area contributed by atoms with Gasteiger partial charge < -0.3 is 53.2 Å². The van der Waals surface area contributed by atoms with E-state index in [-0.39, 0.29) is 52.8 Å². The fourth-order valence-electron chi connectivity index (χ4n) is 0.534. The largest absolute Gasteiger partial charge is 1.00 e. The second kappa shape index (κ2) is 14.5. The molecule has 0 aliphatic rings. The number of rotatable bonds is 0. The van der Waals surface area contributed by atoms with Crippen molar-refractivity contribution in [2.24, 2.45) is 0 Å². The molecule has 0 radical (unpaired) electrons. The van der Waals surface area contributed by atoms with Crippen LogP contribution in [0.15, 0.2) is 30.3 Å². The van der Waals surface area contributed by atoms with Crippen molar-refractivity contribution in [2.75, 3.05) is 0 Å². The van der Waals surface area contributed by atoms with Gasteiger partial charge in [0.25, 0.3) is 0 Å². The Balaban J connectivity index is -0.0000000661. The number of aryl methyl sites for hydroxylation is 1. The summed E-state index contributed by atoms with van der Waals surface area (Å²) >= 11 is 0. The van der Waals surface area contributed by atoms with Crippen LogP contribution in [0.3, 0.4) is 0 Å². The van der Waals surface area contributed by atoms with E-state index in [0.29, 0.717) is 0 Å². The van der Waals surface area contributed by atoms with E-state index in [9.17, 15) is 51.8 Å². The molecule has 23 heavy (non-hydrogen) atoms. The van der Waals surface area contributed by atoms with Gasteiger partial charge in [-0.15, -0.1) is 0 Å². The molecule has 134 valence electrons. The van der Waals surface area contributed by atoms with Crippen LogP contribution in [0.1, 0.15) is 6.99 Å². The van der Waals surface area contributed by atoms with Gasteiger partial charge in [0.05, 0.1) is 0 Å². The fraction of sp³-hybridized carbons (Fsp3) is 0.143. The molecule has 0 nitrogen and oxygen atoms in total. The van der Waals surface area contributed by atoms with Crippen LogP contribution in [-0.4, -0.2) is 21.8 Å². The molecule has 0 unspecified atom stereocenters. The van der Waals surface area contributed by atoms with Crippen molar-refractivity contribution in [2.45, 2.75) is 6.92 Å². The topological polar surface area (TPSA) is 0 Å². The molecule has 0 aliphatic carbocycles. The van der Waals surface area contributed by atoms with E-state index in [1.165, 1.54) is 5.56 Å². The number of halogens is 12. The van der Waals surface area contributed by atoms with Crippen molar-refractivity contribution in [1.82, 2.24) is 0 Å². The standard InChI is InChI=1S/C7H8.3BF4.K.H/c1-7-5-3-2-4-6-7;3*2-1(3,4)5;;/h2-6H,1H3;;;;;/q;3*-1;+1;-1. The first-order valence-corrected chi connectivity index (χ1v) is 5.03. The third kappa shape index (κ3) is 135. The molecule has 0 N–H and O–H groups in total. The van der Waals surface area contributed by atoms with Crippen molar-refractivity contribution < 1.29 is 105 Å². The molecule has 0 heterocycles. The zero-order valence-corrected chi connectivity index (χ0v) is 14.8. The Morgan fingerprint density at radius 1 is 0.565 bits per heavy atom. The first-order valence-electron chi connectivity index (χ1n) is 5.03. The Morgan fingerprint density at radius 3 is 0.826 bits per heavy atom. The molecule has 0 aromatic heterocycles. The molecule has 0 fully saturated rings. The minimum absolute atomic E-state index is 0. The molecule has 0 saturated carbocycles. The molecule has 0 atom stereocenters. The molecule has 1 aromatic carbocycles. The average molecular weight is 393 g/mol. The van der Waals surface area contributed by atoms with Gasteiger partial charge >= 0.3 is 73.1 Å². The molecule has 1 rings (SSSR count). The normalized spacial score (nSPS) is 10.5. The van der Waals surface area contributed by atoms with Crippen LogP contribution in [0, 0.1) is 6.92 Å². The second-order valence-electron chi connectivity index (χ2n) is 3.14. The SMILES string of the molecule is Cc1ccccc1.F[B-](F)(F)F.F[B-](F)(F)F.F[B-](F)(F)F.[H-].[K+]. The van der Waals surface area contributed by atoms with Gasteiger partial charge in [0, 0.05) is 0 Å². The number of hydrogen-bond donors (Lipinski definition) is 0. The predicted molar refractivity (Wildman–Crippen MR) is 62.8 cm³/mol. The fourth-order valence-corrected chi connectivity index (χ4v) is 0.534. The van der Waals surface area contributed by atoms with Crippen LogP contribution in [0.5, 0.6) is 0 Å². The summed E-state index contributed by atoms with van der Waals surface area (Å²) in [5.74, 6) is 0. The summed E-state index contributed by atoms with van der Waals surface area (Å²) in [5.41, 5.74) is 1.32. The monoisotopic (exact) mass is 393 g/mol. The zero-order chi connectivity index (χ0) is 18.6. The molecule has 0 saturated heterocycles. The quantitative estimate of drug-likeness (QED) is 0.470. The van der Waals surface area contributed by atoms with E-state index in [1.807, 2.05) is 18.2 Å². The molecule has 0 spiro atoms. The number of benzene rings is 1. The zero-order valence-electron chi connectivity index (χ0n) is 12.7. The van der Waals surface area contributed by atoms with Gasteiger partial charge in [0.15, 0.2) is 0 Å². The van der Waals surface area contributed by atoms with E-state index in [4.69, 9.17) is 0 Å². The van der Waals surface area contributed by atoms with Crippen molar-refractivity contribution >= 4 is 21.8 Å². The van der Waals surface area contributed by atoms with Gasteiger partial charge in [0.2, 0.25) is 0 Å². The Labute approximate surface area is 168 Å². The van der Waals surface area contributed by atoms with Crippen molar-refractivity contribution in [3.63, 3.8) is 0 Å². The van der Waals surface area contributed by atoms with Crippen LogP contribution < -0.4 is 51.4 Å². The number of hydrogen-bond acceptors (Lipinski definition) is 0. The first kappa shape index (κ1) is 31.0. The Hall–Kier alpha value is 0.211. The summed E-state index contributed by atoms with van der Waals surface area (Å²) in [5, 5.41) is 0. The van der Waals surface area contributed by atoms with Gasteiger partial charge in [-0.25, -0.2) is 0 Å². The predicted octanol–water partition coefficient (Wildman–Crippen LogP) is 3.01. The van der Waals surface area contributed by atoms with Crippen molar-refractivity contribution in [1.29, 1.82) is 0 Å². The second-order valence-corrected chi connectivity index (χ2v) is 3.14. The first-order chi connectivity index (χ1) is 9.39. The summed E-state index contributed by atoms with van der Waals surface area (Å²) in [4.78, 5) is 0. The van der Waals surface area contributed by atoms with E-state index in [2.05, 4.69) is 19.1 Å². The van der Waals surface area contributed by atoms with Crippen LogP contribution in [-0.2, 0) is 0 Å². The van der Waals surface area contributed by atoms with E-state index in [1.54, 1.807) is 0 Å². The summed E-state index contributed by atoms with van der Waals surface area (Å²) < 4.78 is 117. The van der Waals surface area contributed by atoms with E-state index < -0.39 is 21.8 Å². The molecule has 0 bridgehead atoms. The summed E-state index contributed by atoms with van der Waals surface area (Å²) in [6.45, 7) is 2.08. The maximum atomic E-state index is 9.75. The third-order valence-electron chi connectivity index (χ3n) is 0.940. The Morgan fingerprint density at radius 2 is 0.739 bits per heavy atom. The molecule has 16 heteroatoms. The summed E-state index contributed by atoms with van der Waals surface area (Å²) in [6, 6.07) is 10.3. The van der Waals surface area contributed by atoms with Crippen molar-refractivity contribution in [3.05, 3.63) is 35.9 Å².